The third kappa shape index (κ3) is 3.65. The number of esters is 1. The Morgan fingerprint density at radius 1 is 1.21 bits per heavy atom. The number of hydrogen-bond acceptors (Lipinski definition) is 5. The number of fused-ring (bicyclic) bond motifs is 1. The lowest BCUT2D eigenvalue weighted by molar-refractivity contribution is 0.0524. The van der Waals surface area contributed by atoms with Crippen LogP contribution in [0.4, 0.5) is 5.69 Å². The van der Waals surface area contributed by atoms with E-state index in [1.165, 1.54) is 19.3 Å². The van der Waals surface area contributed by atoms with Crippen LogP contribution >= 0.6 is 0 Å². The van der Waals surface area contributed by atoms with Gasteiger partial charge in [-0.3, -0.25) is 4.79 Å². The van der Waals surface area contributed by atoms with Crippen LogP contribution in [0.5, 0.6) is 0 Å². The van der Waals surface area contributed by atoms with E-state index in [0.717, 1.165) is 43.7 Å². The highest BCUT2D eigenvalue weighted by molar-refractivity contribution is 5.94. The first-order valence-corrected chi connectivity index (χ1v) is 10.4. The smallest absolute Gasteiger partial charge is 0.343 e. The minimum Gasteiger partial charge on any atom is -0.462 e. The average molecular weight is 383 g/mol. The van der Waals surface area contributed by atoms with Gasteiger partial charge in [-0.15, -0.1) is 0 Å². The van der Waals surface area contributed by atoms with E-state index in [9.17, 15) is 9.59 Å². The van der Waals surface area contributed by atoms with Crippen molar-refractivity contribution in [1.82, 2.24) is 4.57 Å². The van der Waals surface area contributed by atoms with Gasteiger partial charge in [0.25, 0.3) is 0 Å². The molecule has 150 valence electrons. The summed E-state index contributed by atoms with van der Waals surface area (Å²) >= 11 is 0. The molecule has 0 spiro atoms. The monoisotopic (exact) mass is 383 g/mol. The van der Waals surface area contributed by atoms with Gasteiger partial charge in [0.2, 0.25) is 5.43 Å². The van der Waals surface area contributed by atoms with E-state index < -0.39 is 5.97 Å². The molecule has 0 unspecified atom stereocenters. The summed E-state index contributed by atoms with van der Waals surface area (Å²) in [6.07, 6.45) is 7.26. The Labute approximate surface area is 165 Å². The van der Waals surface area contributed by atoms with Crippen molar-refractivity contribution in [3.63, 3.8) is 0 Å². The lowest BCUT2D eigenvalue weighted by atomic mass is 9.85. The van der Waals surface area contributed by atoms with Crippen LogP contribution in [0.3, 0.4) is 0 Å². The van der Waals surface area contributed by atoms with Crippen LogP contribution in [0.25, 0.3) is 10.9 Å². The molecule has 1 aliphatic heterocycles. The van der Waals surface area contributed by atoms with Crippen molar-refractivity contribution in [2.75, 3.05) is 24.6 Å². The van der Waals surface area contributed by atoms with Crippen molar-refractivity contribution in [1.29, 1.82) is 0 Å². The Bertz CT molecular complexity index is 925. The summed E-state index contributed by atoms with van der Waals surface area (Å²) in [4.78, 5) is 27.8. The third-order valence-corrected chi connectivity index (χ3v) is 6.14. The molecule has 6 heteroatoms. The van der Waals surface area contributed by atoms with Crippen LogP contribution in [0.2, 0.25) is 0 Å². The zero-order chi connectivity index (χ0) is 19.7. The number of anilines is 1. The molecule has 2 aromatic rings. The maximum atomic E-state index is 13.1. The Balaban J connectivity index is 1.77. The second-order valence-electron chi connectivity index (χ2n) is 8.07. The minimum absolute atomic E-state index is 0.131. The van der Waals surface area contributed by atoms with Crippen molar-refractivity contribution < 1.29 is 9.53 Å². The lowest BCUT2D eigenvalue weighted by Gasteiger charge is -2.32. The van der Waals surface area contributed by atoms with Crippen LogP contribution in [0.15, 0.2) is 29.2 Å². The summed E-state index contributed by atoms with van der Waals surface area (Å²) in [5, 5.41) is 0.595. The van der Waals surface area contributed by atoms with Gasteiger partial charge in [0.1, 0.15) is 5.56 Å². The molecule has 4 rings (SSSR count). The largest absolute Gasteiger partial charge is 0.462 e. The molecular weight excluding hydrogens is 354 g/mol. The number of rotatable bonds is 5. The number of pyridine rings is 1. The predicted molar refractivity (Wildman–Crippen MR) is 111 cm³/mol. The van der Waals surface area contributed by atoms with E-state index in [0.29, 0.717) is 11.3 Å². The fourth-order valence-electron chi connectivity index (χ4n) is 4.20. The fourth-order valence-corrected chi connectivity index (χ4v) is 4.20. The van der Waals surface area contributed by atoms with Crippen LogP contribution in [-0.4, -0.2) is 36.3 Å². The summed E-state index contributed by atoms with van der Waals surface area (Å²) in [6.45, 7) is 4.63. The van der Waals surface area contributed by atoms with Gasteiger partial charge in [-0.25, -0.2) is 4.79 Å². The van der Waals surface area contributed by atoms with Crippen molar-refractivity contribution in [2.24, 2.45) is 11.7 Å². The maximum absolute atomic E-state index is 13.1. The number of carbonyl (C=O) groups excluding carboxylic acids is 1. The number of nitrogens with zero attached hydrogens (tertiary/aromatic N) is 2. The SMILES string of the molecule is CCOC(=O)c1cn(CC2CCC2)c2ccc(N3CCC(N)CC3)cc2c1=O. The van der Waals surface area contributed by atoms with Crippen LogP contribution in [0, 0.1) is 5.92 Å². The van der Waals surface area contributed by atoms with E-state index in [-0.39, 0.29) is 23.6 Å². The maximum Gasteiger partial charge on any atom is 0.343 e. The second kappa shape index (κ2) is 7.95. The van der Waals surface area contributed by atoms with Crippen molar-refractivity contribution in [3.05, 3.63) is 40.2 Å². The van der Waals surface area contributed by atoms with Gasteiger partial charge in [0.05, 0.1) is 12.1 Å². The lowest BCUT2D eigenvalue weighted by Crippen LogP contribution is -2.39. The summed E-state index contributed by atoms with van der Waals surface area (Å²) < 4.78 is 7.21. The number of carbonyl (C=O) groups is 1. The van der Waals surface area contributed by atoms with E-state index in [1.54, 1.807) is 13.1 Å². The van der Waals surface area contributed by atoms with Gasteiger partial charge in [0.15, 0.2) is 0 Å². The summed E-state index contributed by atoms with van der Waals surface area (Å²) in [7, 11) is 0. The third-order valence-electron chi connectivity index (χ3n) is 6.14. The van der Waals surface area contributed by atoms with Crippen molar-refractivity contribution in [3.8, 4) is 0 Å². The highest BCUT2D eigenvalue weighted by Crippen LogP contribution is 2.30. The van der Waals surface area contributed by atoms with Gasteiger partial charge < -0.3 is 19.9 Å². The topological polar surface area (TPSA) is 77.6 Å². The zero-order valence-electron chi connectivity index (χ0n) is 16.5. The summed E-state index contributed by atoms with van der Waals surface area (Å²) in [5.41, 5.74) is 7.83. The number of benzene rings is 1. The van der Waals surface area contributed by atoms with E-state index in [1.807, 2.05) is 12.1 Å². The predicted octanol–water partition coefficient (Wildman–Crippen LogP) is 2.91. The molecule has 1 aromatic carbocycles. The molecule has 0 bridgehead atoms. The molecule has 28 heavy (non-hydrogen) atoms. The molecule has 2 heterocycles. The normalized spacial score (nSPS) is 18.3. The van der Waals surface area contributed by atoms with Crippen LogP contribution < -0.4 is 16.1 Å². The Morgan fingerprint density at radius 3 is 2.61 bits per heavy atom. The zero-order valence-corrected chi connectivity index (χ0v) is 16.5. The Kier molecular flexibility index (Phi) is 5.40. The van der Waals surface area contributed by atoms with Gasteiger partial charge in [0, 0.05) is 42.9 Å². The van der Waals surface area contributed by atoms with E-state index in [4.69, 9.17) is 10.5 Å². The fraction of sp³-hybridized carbons (Fsp3) is 0.545. The molecule has 0 atom stereocenters. The van der Waals surface area contributed by atoms with E-state index in [2.05, 4.69) is 15.5 Å². The molecule has 2 aliphatic rings. The standard InChI is InChI=1S/C22H29N3O3/c1-2-28-22(27)19-14-25(13-15-4-3-5-15)20-7-6-17(12-18(20)21(19)26)24-10-8-16(23)9-11-24/h6-7,12,14-16H,2-5,8-11,13,23H2,1H3. The average Bonchev–Trinajstić information content (AvgIpc) is 2.66. The Hall–Kier alpha value is -2.34. The molecule has 1 aliphatic carbocycles. The first kappa shape index (κ1) is 19.0. The molecule has 1 saturated carbocycles. The highest BCUT2D eigenvalue weighted by Gasteiger charge is 2.23. The van der Waals surface area contributed by atoms with E-state index >= 15 is 0 Å². The molecular formula is C22H29N3O3. The van der Waals surface area contributed by atoms with Crippen molar-refractivity contribution >= 4 is 22.6 Å². The van der Waals surface area contributed by atoms with Gasteiger partial charge in [-0.05, 0) is 56.7 Å². The quantitative estimate of drug-likeness (QED) is 0.804. The van der Waals surface area contributed by atoms with Crippen LogP contribution in [-0.2, 0) is 11.3 Å². The van der Waals surface area contributed by atoms with Gasteiger partial charge >= 0.3 is 5.97 Å². The summed E-state index contributed by atoms with van der Waals surface area (Å²) in [5.74, 6) is 0.0788. The second-order valence-corrected chi connectivity index (χ2v) is 8.07. The first-order chi connectivity index (χ1) is 13.6. The number of nitrogens with two attached hydrogens (primary N) is 1. The first-order valence-electron chi connectivity index (χ1n) is 10.4. The minimum atomic E-state index is -0.536. The molecule has 0 amide bonds. The molecule has 6 nitrogen and oxygen atoms in total. The number of ether oxygens (including phenoxy) is 1. The van der Waals surface area contributed by atoms with Gasteiger partial charge in [-0.2, -0.15) is 0 Å². The number of piperidine rings is 1. The summed E-state index contributed by atoms with van der Waals surface area (Å²) in [6, 6.07) is 6.30. The number of aromatic nitrogens is 1. The molecule has 2 N–H and O–H groups in total. The van der Waals surface area contributed by atoms with Crippen LogP contribution in [0.1, 0.15) is 49.4 Å². The number of hydrogen-bond donors (Lipinski definition) is 1. The molecule has 2 fully saturated rings. The van der Waals surface area contributed by atoms with Gasteiger partial charge in [-0.1, -0.05) is 6.42 Å². The molecule has 1 aromatic heterocycles. The van der Waals surface area contributed by atoms with Crippen molar-refractivity contribution in [2.45, 2.75) is 51.6 Å². The molecule has 1 saturated heterocycles. The highest BCUT2D eigenvalue weighted by atomic mass is 16.5. The Morgan fingerprint density at radius 2 is 1.96 bits per heavy atom. The molecule has 0 radical (unpaired) electrons.